The first-order chi connectivity index (χ1) is 14.1. The molecule has 0 spiro atoms. The van der Waals surface area contributed by atoms with Crippen LogP contribution in [-0.2, 0) is 4.74 Å². The minimum absolute atomic E-state index is 0.0488. The molecule has 29 heavy (non-hydrogen) atoms. The highest BCUT2D eigenvalue weighted by Gasteiger charge is 2.39. The molecule has 3 saturated heterocycles. The molecule has 0 N–H and O–H groups in total. The van der Waals surface area contributed by atoms with Gasteiger partial charge in [-0.25, -0.2) is 0 Å². The summed E-state index contributed by atoms with van der Waals surface area (Å²) < 4.78 is 5.58. The Balaban J connectivity index is 1.30. The van der Waals surface area contributed by atoms with Crippen molar-refractivity contribution in [1.82, 2.24) is 14.7 Å². The summed E-state index contributed by atoms with van der Waals surface area (Å²) in [4.78, 5) is 44.2. The van der Waals surface area contributed by atoms with Crippen molar-refractivity contribution in [2.24, 2.45) is 0 Å². The molecule has 0 bridgehead atoms. The summed E-state index contributed by atoms with van der Waals surface area (Å²) in [7, 11) is 0. The average Bonchev–Trinajstić information content (AvgIpc) is 3.52. The lowest BCUT2D eigenvalue weighted by Gasteiger charge is -2.23. The van der Waals surface area contributed by atoms with Gasteiger partial charge in [0.2, 0.25) is 0 Å². The van der Waals surface area contributed by atoms with E-state index in [2.05, 4.69) is 4.90 Å². The first-order valence-corrected chi connectivity index (χ1v) is 10.8. The lowest BCUT2D eigenvalue weighted by atomic mass is 10.0. The Morgan fingerprint density at radius 2 is 1.79 bits per heavy atom. The largest absolute Gasteiger partial charge is 0.376 e. The molecule has 3 fully saturated rings. The van der Waals surface area contributed by atoms with E-state index in [-0.39, 0.29) is 23.8 Å². The molecular weight excluding hydrogens is 370 g/mol. The Labute approximate surface area is 170 Å². The molecule has 2 unspecified atom stereocenters. The van der Waals surface area contributed by atoms with Crippen molar-refractivity contribution in [2.45, 2.75) is 44.2 Å². The predicted molar refractivity (Wildman–Crippen MR) is 106 cm³/mol. The molecule has 4 aliphatic rings. The second kappa shape index (κ2) is 7.54. The fourth-order valence-corrected chi connectivity index (χ4v) is 5.10. The number of rotatable bonds is 4. The summed E-state index contributed by atoms with van der Waals surface area (Å²) in [6.45, 7) is 4.72. The molecule has 1 aromatic rings. The van der Waals surface area contributed by atoms with E-state index in [0.717, 1.165) is 45.4 Å². The van der Waals surface area contributed by atoms with Crippen LogP contribution in [0.4, 0.5) is 0 Å². The molecule has 154 valence electrons. The quantitative estimate of drug-likeness (QED) is 0.725. The van der Waals surface area contributed by atoms with Crippen LogP contribution in [0.25, 0.3) is 0 Å². The Bertz CT molecular complexity index is 842. The molecular formula is C22H27N3O4. The van der Waals surface area contributed by atoms with Gasteiger partial charge in [0.05, 0.1) is 23.8 Å². The van der Waals surface area contributed by atoms with E-state index in [4.69, 9.17) is 4.74 Å². The number of likely N-dealkylation sites (tertiary alicyclic amines) is 2. The summed E-state index contributed by atoms with van der Waals surface area (Å²) in [6, 6.07) is 5.37. The minimum atomic E-state index is -0.313. The van der Waals surface area contributed by atoms with Crippen LogP contribution in [0.1, 0.15) is 63.2 Å². The van der Waals surface area contributed by atoms with E-state index in [0.29, 0.717) is 35.9 Å². The summed E-state index contributed by atoms with van der Waals surface area (Å²) in [6.07, 6.45) is 5.24. The summed E-state index contributed by atoms with van der Waals surface area (Å²) in [5.41, 5.74) is 1.22. The fourth-order valence-electron chi connectivity index (χ4n) is 5.10. The molecule has 0 saturated carbocycles. The molecule has 1 aromatic carbocycles. The molecule has 5 rings (SSSR count). The van der Waals surface area contributed by atoms with E-state index in [1.165, 1.54) is 17.7 Å². The van der Waals surface area contributed by atoms with Crippen LogP contribution in [0.2, 0.25) is 0 Å². The molecule has 2 atom stereocenters. The van der Waals surface area contributed by atoms with Crippen LogP contribution in [-0.4, -0.2) is 83.9 Å². The molecule has 3 amide bonds. The number of nitrogens with zero attached hydrogens (tertiary/aromatic N) is 3. The zero-order valence-corrected chi connectivity index (χ0v) is 16.6. The van der Waals surface area contributed by atoms with Crippen molar-refractivity contribution < 1.29 is 19.1 Å². The van der Waals surface area contributed by atoms with Gasteiger partial charge < -0.3 is 9.64 Å². The van der Waals surface area contributed by atoms with Crippen molar-refractivity contribution in [3.8, 4) is 0 Å². The van der Waals surface area contributed by atoms with Gasteiger partial charge in [-0.3, -0.25) is 24.2 Å². The number of imide groups is 1. The number of carbonyl (C=O) groups is 3. The van der Waals surface area contributed by atoms with E-state index < -0.39 is 0 Å². The smallest absolute Gasteiger partial charge is 0.261 e. The topological polar surface area (TPSA) is 70.2 Å². The van der Waals surface area contributed by atoms with Crippen LogP contribution in [0.3, 0.4) is 0 Å². The number of ether oxygens (including phenoxy) is 1. The highest BCUT2D eigenvalue weighted by Crippen LogP contribution is 2.27. The van der Waals surface area contributed by atoms with Gasteiger partial charge in [0.25, 0.3) is 17.7 Å². The van der Waals surface area contributed by atoms with Crippen molar-refractivity contribution in [3.63, 3.8) is 0 Å². The first kappa shape index (κ1) is 18.8. The number of hydrogen-bond acceptors (Lipinski definition) is 5. The number of hydrogen-bond donors (Lipinski definition) is 0. The van der Waals surface area contributed by atoms with E-state index in [1.807, 2.05) is 4.90 Å². The van der Waals surface area contributed by atoms with Gasteiger partial charge in [-0.05, 0) is 63.4 Å². The van der Waals surface area contributed by atoms with Crippen molar-refractivity contribution in [3.05, 3.63) is 34.9 Å². The Morgan fingerprint density at radius 1 is 1.00 bits per heavy atom. The molecule has 7 heteroatoms. The molecule has 7 nitrogen and oxygen atoms in total. The third kappa shape index (κ3) is 3.36. The second-order valence-electron chi connectivity index (χ2n) is 8.55. The predicted octanol–water partition coefficient (Wildman–Crippen LogP) is 1.77. The molecule has 0 aromatic heterocycles. The Kier molecular flexibility index (Phi) is 4.87. The molecule has 4 heterocycles. The van der Waals surface area contributed by atoms with Crippen molar-refractivity contribution in [2.75, 3.05) is 39.3 Å². The SMILES string of the molecule is O=C(c1ccc2c(c1)C(=O)N(CC1CCCO1)C2=O)N1CCC(N2CCCC2)C1. The lowest BCUT2D eigenvalue weighted by molar-refractivity contribution is 0.0475. The van der Waals surface area contributed by atoms with Crippen LogP contribution in [0.15, 0.2) is 18.2 Å². The molecule has 4 aliphatic heterocycles. The maximum Gasteiger partial charge on any atom is 0.261 e. The van der Waals surface area contributed by atoms with E-state index >= 15 is 0 Å². The van der Waals surface area contributed by atoms with Crippen LogP contribution in [0, 0.1) is 0 Å². The van der Waals surface area contributed by atoms with Crippen LogP contribution in [0.5, 0.6) is 0 Å². The first-order valence-electron chi connectivity index (χ1n) is 10.8. The summed E-state index contributed by atoms with van der Waals surface area (Å²) >= 11 is 0. The maximum atomic E-state index is 13.0. The Morgan fingerprint density at radius 3 is 2.55 bits per heavy atom. The Hall–Kier alpha value is -2.25. The zero-order chi connectivity index (χ0) is 20.0. The minimum Gasteiger partial charge on any atom is -0.376 e. The van der Waals surface area contributed by atoms with Gasteiger partial charge in [-0.2, -0.15) is 0 Å². The normalized spacial score (nSPS) is 27.3. The molecule has 0 radical (unpaired) electrons. The highest BCUT2D eigenvalue weighted by atomic mass is 16.5. The van der Waals surface area contributed by atoms with E-state index in [1.54, 1.807) is 18.2 Å². The summed E-state index contributed by atoms with van der Waals surface area (Å²) in [5.74, 6) is -0.645. The number of benzene rings is 1. The number of amides is 3. The second-order valence-corrected chi connectivity index (χ2v) is 8.55. The van der Waals surface area contributed by atoms with Gasteiger partial charge in [0.15, 0.2) is 0 Å². The highest BCUT2D eigenvalue weighted by molar-refractivity contribution is 6.22. The van der Waals surface area contributed by atoms with E-state index in [9.17, 15) is 14.4 Å². The van der Waals surface area contributed by atoms with Crippen LogP contribution >= 0.6 is 0 Å². The van der Waals surface area contributed by atoms with Gasteiger partial charge in [0, 0.05) is 31.3 Å². The third-order valence-electron chi connectivity index (χ3n) is 6.74. The standard InChI is InChI=1S/C22H27N3O4/c26-20(24-10-7-16(13-24)23-8-1-2-9-23)15-5-6-18-19(12-15)22(28)25(21(18)27)14-17-4-3-11-29-17/h5-6,12,16-17H,1-4,7-11,13-14H2. The third-order valence-corrected chi connectivity index (χ3v) is 6.74. The van der Waals surface area contributed by atoms with Gasteiger partial charge in [-0.1, -0.05) is 0 Å². The van der Waals surface area contributed by atoms with Gasteiger partial charge in [0.1, 0.15) is 0 Å². The van der Waals surface area contributed by atoms with Crippen molar-refractivity contribution >= 4 is 17.7 Å². The average molecular weight is 397 g/mol. The lowest BCUT2D eigenvalue weighted by Crippen LogP contribution is -2.37. The number of fused-ring (bicyclic) bond motifs is 1. The van der Waals surface area contributed by atoms with Crippen molar-refractivity contribution in [1.29, 1.82) is 0 Å². The van der Waals surface area contributed by atoms with Gasteiger partial charge in [-0.15, -0.1) is 0 Å². The zero-order valence-electron chi connectivity index (χ0n) is 16.6. The van der Waals surface area contributed by atoms with Gasteiger partial charge >= 0.3 is 0 Å². The molecule has 0 aliphatic carbocycles. The maximum absolute atomic E-state index is 13.0. The monoisotopic (exact) mass is 397 g/mol. The fraction of sp³-hybridized carbons (Fsp3) is 0.591. The van der Waals surface area contributed by atoms with Crippen LogP contribution < -0.4 is 0 Å². The summed E-state index contributed by atoms with van der Waals surface area (Å²) in [5, 5.41) is 0. The number of carbonyl (C=O) groups excluding carboxylic acids is 3.